The SMILES string of the molecule is COc1cc(Cl)c(C)cc1-n1c(=O)cc(Cl)[nH]c1=O. The molecule has 0 aliphatic heterocycles. The fourth-order valence-corrected chi connectivity index (χ4v) is 2.01. The number of rotatable bonds is 2. The summed E-state index contributed by atoms with van der Waals surface area (Å²) in [5, 5.41) is 0.468. The fourth-order valence-electron chi connectivity index (χ4n) is 1.68. The van der Waals surface area contributed by atoms with E-state index in [-0.39, 0.29) is 5.15 Å². The van der Waals surface area contributed by atoms with Gasteiger partial charge in [-0.1, -0.05) is 23.2 Å². The second-order valence-corrected chi connectivity index (χ2v) is 4.68. The van der Waals surface area contributed by atoms with Crippen molar-refractivity contribution in [1.29, 1.82) is 0 Å². The first-order valence-electron chi connectivity index (χ1n) is 5.30. The van der Waals surface area contributed by atoms with Crippen molar-refractivity contribution in [3.8, 4) is 11.4 Å². The van der Waals surface area contributed by atoms with Crippen molar-refractivity contribution in [3.05, 3.63) is 54.8 Å². The van der Waals surface area contributed by atoms with Gasteiger partial charge in [-0.25, -0.2) is 9.36 Å². The largest absolute Gasteiger partial charge is 0.494 e. The van der Waals surface area contributed by atoms with E-state index in [1.807, 2.05) is 0 Å². The Morgan fingerprint density at radius 2 is 1.89 bits per heavy atom. The molecule has 1 aromatic heterocycles. The van der Waals surface area contributed by atoms with Crippen LogP contribution in [0.3, 0.4) is 0 Å². The number of H-pyrrole nitrogens is 1. The Morgan fingerprint density at radius 3 is 2.47 bits per heavy atom. The molecular formula is C12H10Cl2N2O3. The normalized spacial score (nSPS) is 10.5. The minimum Gasteiger partial charge on any atom is -0.494 e. The summed E-state index contributed by atoms with van der Waals surface area (Å²) < 4.78 is 6.08. The van der Waals surface area contributed by atoms with Crippen LogP contribution in [0.2, 0.25) is 10.2 Å². The third kappa shape index (κ3) is 2.52. The molecule has 0 atom stereocenters. The lowest BCUT2D eigenvalue weighted by molar-refractivity contribution is 0.412. The van der Waals surface area contributed by atoms with Gasteiger partial charge in [0.05, 0.1) is 12.8 Å². The average Bonchev–Trinajstić information content (AvgIpc) is 2.32. The highest BCUT2D eigenvalue weighted by Crippen LogP contribution is 2.28. The number of halogens is 2. The van der Waals surface area contributed by atoms with Gasteiger partial charge >= 0.3 is 5.69 Å². The zero-order chi connectivity index (χ0) is 14.2. The van der Waals surface area contributed by atoms with E-state index in [2.05, 4.69) is 4.98 Å². The lowest BCUT2D eigenvalue weighted by Gasteiger charge is -2.12. The summed E-state index contributed by atoms with van der Waals surface area (Å²) in [6.45, 7) is 1.76. The lowest BCUT2D eigenvalue weighted by atomic mass is 10.2. The van der Waals surface area contributed by atoms with E-state index in [4.69, 9.17) is 27.9 Å². The maximum atomic E-state index is 11.9. The van der Waals surface area contributed by atoms with Crippen molar-refractivity contribution in [3.63, 3.8) is 0 Å². The molecule has 100 valence electrons. The molecule has 0 aliphatic rings. The Labute approximate surface area is 118 Å². The molecule has 2 rings (SSSR count). The first-order chi connectivity index (χ1) is 8.93. The number of hydrogen-bond donors (Lipinski definition) is 1. The van der Waals surface area contributed by atoms with Gasteiger partial charge in [-0.3, -0.25) is 9.78 Å². The number of benzene rings is 1. The second-order valence-electron chi connectivity index (χ2n) is 3.87. The van der Waals surface area contributed by atoms with Crippen LogP contribution >= 0.6 is 23.2 Å². The van der Waals surface area contributed by atoms with Crippen molar-refractivity contribution in [2.75, 3.05) is 7.11 Å². The second kappa shape index (κ2) is 5.11. The number of aryl methyl sites for hydroxylation is 1. The monoisotopic (exact) mass is 300 g/mol. The van der Waals surface area contributed by atoms with Gasteiger partial charge in [-0.05, 0) is 18.6 Å². The van der Waals surface area contributed by atoms with E-state index in [1.54, 1.807) is 19.1 Å². The number of ether oxygens (including phenoxy) is 1. The van der Waals surface area contributed by atoms with Crippen LogP contribution in [0.1, 0.15) is 5.56 Å². The van der Waals surface area contributed by atoms with Crippen molar-refractivity contribution in [1.82, 2.24) is 9.55 Å². The fraction of sp³-hybridized carbons (Fsp3) is 0.167. The molecule has 1 aromatic carbocycles. The van der Waals surface area contributed by atoms with Gasteiger partial charge in [0.15, 0.2) is 0 Å². The minimum atomic E-state index is -0.641. The summed E-state index contributed by atoms with van der Waals surface area (Å²) >= 11 is 11.6. The molecule has 1 heterocycles. The van der Waals surface area contributed by atoms with Crippen LogP contribution in [0.4, 0.5) is 0 Å². The van der Waals surface area contributed by atoms with Crippen LogP contribution in [-0.2, 0) is 0 Å². The summed E-state index contributed by atoms with van der Waals surface area (Å²) in [7, 11) is 1.43. The molecular weight excluding hydrogens is 291 g/mol. The van der Waals surface area contributed by atoms with Gasteiger partial charge in [0, 0.05) is 17.2 Å². The average molecular weight is 301 g/mol. The van der Waals surface area contributed by atoms with Crippen LogP contribution < -0.4 is 16.0 Å². The molecule has 0 fully saturated rings. The predicted molar refractivity (Wildman–Crippen MR) is 74.0 cm³/mol. The Hall–Kier alpha value is -1.72. The van der Waals surface area contributed by atoms with Gasteiger partial charge < -0.3 is 4.74 Å². The molecule has 0 spiro atoms. The van der Waals surface area contributed by atoms with Gasteiger partial charge in [0.1, 0.15) is 10.9 Å². The van der Waals surface area contributed by atoms with E-state index in [9.17, 15) is 9.59 Å². The molecule has 0 saturated carbocycles. The van der Waals surface area contributed by atoms with Crippen molar-refractivity contribution >= 4 is 23.2 Å². The molecule has 1 N–H and O–H groups in total. The maximum absolute atomic E-state index is 11.9. The first-order valence-corrected chi connectivity index (χ1v) is 6.06. The van der Waals surface area contributed by atoms with Gasteiger partial charge in [0.2, 0.25) is 0 Å². The van der Waals surface area contributed by atoms with E-state index in [1.165, 1.54) is 7.11 Å². The van der Waals surface area contributed by atoms with Crippen LogP contribution in [0.5, 0.6) is 5.75 Å². The highest BCUT2D eigenvalue weighted by atomic mass is 35.5. The van der Waals surface area contributed by atoms with Gasteiger partial charge in [-0.15, -0.1) is 0 Å². The predicted octanol–water partition coefficient (Wildman–Crippen LogP) is 2.15. The molecule has 0 radical (unpaired) electrons. The Balaban J connectivity index is 2.83. The highest BCUT2D eigenvalue weighted by Gasteiger charge is 2.13. The van der Waals surface area contributed by atoms with E-state index in [0.717, 1.165) is 16.2 Å². The number of aromatic amines is 1. The van der Waals surface area contributed by atoms with Gasteiger partial charge in [0.25, 0.3) is 5.56 Å². The van der Waals surface area contributed by atoms with E-state index < -0.39 is 11.2 Å². The molecule has 5 nitrogen and oxygen atoms in total. The van der Waals surface area contributed by atoms with Crippen LogP contribution in [-0.4, -0.2) is 16.7 Å². The number of nitrogens with zero attached hydrogens (tertiary/aromatic N) is 1. The quantitative estimate of drug-likeness (QED) is 0.864. The summed E-state index contributed by atoms with van der Waals surface area (Å²) in [6.07, 6.45) is 0. The molecule has 0 bridgehead atoms. The molecule has 19 heavy (non-hydrogen) atoms. The van der Waals surface area contributed by atoms with Crippen LogP contribution in [0.15, 0.2) is 27.8 Å². The number of hydrogen-bond acceptors (Lipinski definition) is 3. The van der Waals surface area contributed by atoms with Crippen molar-refractivity contribution < 1.29 is 4.74 Å². The third-order valence-electron chi connectivity index (χ3n) is 2.60. The van der Waals surface area contributed by atoms with Gasteiger partial charge in [-0.2, -0.15) is 0 Å². The molecule has 7 heteroatoms. The Morgan fingerprint density at radius 1 is 1.21 bits per heavy atom. The van der Waals surface area contributed by atoms with E-state index in [0.29, 0.717) is 16.5 Å². The summed E-state index contributed by atoms with van der Waals surface area (Å²) in [6, 6.07) is 4.27. The molecule has 0 amide bonds. The minimum absolute atomic E-state index is 0.0177. The molecule has 0 unspecified atom stereocenters. The lowest BCUT2D eigenvalue weighted by Crippen LogP contribution is -2.33. The number of nitrogens with one attached hydrogen (secondary N) is 1. The molecule has 2 aromatic rings. The molecule has 0 saturated heterocycles. The summed E-state index contributed by atoms with van der Waals surface area (Å²) in [4.78, 5) is 26.1. The van der Waals surface area contributed by atoms with Crippen LogP contribution in [0, 0.1) is 6.92 Å². The topological polar surface area (TPSA) is 64.1 Å². The summed E-state index contributed by atoms with van der Waals surface area (Å²) in [5.41, 5.74) is -0.155. The van der Waals surface area contributed by atoms with Crippen LogP contribution in [0.25, 0.3) is 5.69 Å². The smallest absolute Gasteiger partial charge is 0.334 e. The third-order valence-corrected chi connectivity index (χ3v) is 3.21. The Bertz CT molecular complexity index is 718. The van der Waals surface area contributed by atoms with E-state index >= 15 is 0 Å². The number of aromatic nitrogens is 2. The maximum Gasteiger partial charge on any atom is 0.334 e. The van der Waals surface area contributed by atoms with Crippen molar-refractivity contribution in [2.24, 2.45) is 0 Å². The number of methoxy groups -OCH3 is 1. The Kier molecular flexibility index (Phi) is 3.68. The van der Waals surface area contributed by atoms with Crippen molar-refractivity contribution in [2.45, 2.75) is 6.92 Å². The molecule has 0 aliphatic carbocycles. The standard InChI is InChI=1S/C12H10Cl2N2O3/c1-6-3-8(9(19-2)4-7(6)13)16-11(17)5-10(14)15-12(16)18/h3-5H,1-2H3,(H,15,18). The first kappa shape index (κ1) is 13.7. The zero-order valence-electron chi connectivity index (χ0n) is 10.2. The summed E-state index contributed by atoms with van der Waals surface area (Å²) in [5.74, 6) is 0.325. The highest BCUT2D eigenvalue weighted by molar-refractivity contribution is 6.31. The zero-order valence-corrected chi connectivity index (χ0v) is 11.7.